The van der Waals surface area contributed by atoms with E-state index < -0.39 is 32.3 Å². The fraction of sp³-hybridized carbons (Fsp3) is 0.588. The molecule has 2 fully saturated rings. The van der Waals surface area contributed by atoms with Gasteiger partial charge < -0.3 is 9.83 Å². The number of aromatic nitrogens is 2. The van der Waals surface area contributed by atoms with Crippen LogP contribution in [0.2, 0.25) is 6.82 Å². The van der Waals surface area contributed by atoms with Crippen molar-refractivity contribution in [2.75, 3.05) is 32.4 Å². The molecule has 0 aromatic carbocycles. The molecule has 2 aliphatic rings. The zero-order valence-electron chi connectivity index (χ0n) is 16.5. The van der Waals surface area contributed by atoms with Gasteiger partial charge in [-0.1, -0.05) is 0 Å². The molecule has 0 amide bonds. The smallest absolute Gasteiger partial charge is 0.376 e. The highest BCUT2D eigenvalue weighted by Gasteiger charge is 2.43. The van der Waals surface area contributed by atoms with Crippen LogP contribution >= 0.6 is 0 Å². The van der Waals surface area contributed by atoms with Crippen molar-refractivity contribution in [1.82, 2.24) is 18.1 Å². The minimum atomic E-state index is -3.48. The molecule has 0 bridgehead atoms. The van der Waals surface area contributed by atoms with Crippen LogP contribution in [-0.2, 0) is 20.0 Å². The van der Waals surface area contributed by atoms with Crippen molar-refractivity contribution in [2.45, 2.75) is 30.8 Å². The molecular formula is C17H25BN4O5S2. The van der Waals surface area contributed by atoms with Crippen LogP contribution < -0.4 is 0 Å². The van der Waals surface area contributed by atoms with Gasteiger partial charge in [0.25, 0.3) is 0 Å². The Kier molecular flexibility index (Phi) is 5.27. The summed E-state index contributed by atoms with van der Waals surface area (Å²) in [5.74, 6) is 0.0755. The van der Waals surface area contributed by atoms with E-state index in [1.54, 1.807) is 34.4 Å². The minimum Gasteiger partial charge on any atom is -0.437 e. The molecule has 2 aromatic heterocycles. The quantitative estimate of drug-likeness (QED) is 0.659. The summed E-state index contributed by atoms with van der Waals surface area (Å²) in [5.41, 5.74) is 1.31. The van der Waals surface area contributed by atoms with Gasteiger partial charge in [0.1, 0.15) is 0 Å². The second-order valence-electron chi connectivity index (χ2n) is 7.94. The second kappa shape index (κ2) is 7.34. The summed E-state index contributed by atoms with van der Waals surface area (Å²) >= 11 is 0. The van der Waals surface area contributed by atoms with Crippen molar-refractivity contribution in [3.05, 3.63) is 30.1 Å². The number of pyridine rings is 1. The van der Waals surface area contributed by atoms with Gasteiger partial charge >= 0.3 is 7.05 Å². The Labute approximate surface area is 171 Å². The third-order valence-electron chi connectivity index (χ3n) is 6.00. The lowest BCUT2D eigenvalue weighted by Gasteiger charge is -2.43. The van der Waals surface area contributed by atoms with Crippen molar-refractivity contribution < 1.29 is 21.9 Å². The molecule has 0 aliphatic carbocycles. The molecule has 158 valence electrons. The molecule has 12 heteroatoms. The van der Waals surface area contributed by atoms with Crippen LogP contribution in [0.1, 0.15) is 24.3 Å². The summed E-state index contributed by atoms with van der Waals surface area (Å²) < 4.78 is 52.7. The van der Waals surface area contributed by atoms with Gasteiger partial charge in [-0.2, -0.15) is 0 Å². The lowest BCUT2D eigenvalue weighted by Crippen LogP contribution is -2.62. The van der Waals surface area contributed by atoms with Gasteiger partial charge in [-0.05, 0) is 43.3 Å². The maximum atomic E-state index is 12.9. The van der Waals surface area contributed by atoms with E-state index >= 15 is 0 Å². The van der Waals surface area contributed by atoms with E-state index in [0.717, 1.165) is 17.2 Å². The first-order valence-corrected chi connectivity index (χ1v) is 13.0. The SMILES string of the molecule is CB(O)N1CC(S(=O)(=O)N2CCC(c3cn(S(C)(=O)=O)c4ncccc34)CC2)C1. The Morgan fingerprint density at radius 1 is 1.17 bits per heavy atom. The molecule has 2 aliphatic heterocycles. The van der Waals surface area contributed by atoms with E-state index in [1.807, 2.05) is 6.07 Å². The van der Waals surface area contributed by atoms with Gasteiger partial charge in [-0.25, -0.2) is 30.1 Å². The predicted molar refractivity (Wildman–Crippen MR) is 112 cm³/mol. The topological polar surface area (TPSA) is 113 Å². The number of rotatable bonds is 5. The van der Waals surface area contributed by atoms with Gasteiger partial charge in [0.05, 0.1) is 11.5 Å². The predicted octanol–water partition coefficient (Wildman–Crippen LogP) is 0.148. The summed E-state index contributed by atoms with van der Waals surface area (Å²) in [6.45, 7) is 3.16. The Morgan fingerprint density at radius 2 is 1.83 bits per heavy atom. The maximum absolute atomic E-state index is 12.9. The van der Waals surface area contributed by atoms with Gasteiger partial charge in [0, 0.05) is 44.0 Å². The third-order valence-corrected chi connectivity index (χ3v) is 9.22. The van der Waals surface area contributed by atoms with Gasteiger partial charge in [0.2, 0.25) is 20.0 Å². The lowest BCUT2D eigenvalue weighted by molar-refractivity contribution is 0.254. The first kappa shape index (κ1) is 20.8. The highest BCUT2D eigenvalue weighted by atomic mass is 32.2. The summed E-state index contributed by atoms with van der Waals surface area (Å²) in [6, 6.07) is 3.64. The standard InChI is InChI=1S/C17H25BN4O5S2/c1-18(23)20-10-14(11-20)29(26,27)21-8-5-13(6-9-21)16-12-22(28(2,24)25)17-15(16)4-3-7-19-17/h3-4,7,12-14,23H,5-6,8-11H2,1-2H3. The van der Waals surface area contributed by atoms with Crippen LogP contribution in [0.5, 0.6) is 0 Å². The first-order valence-electron chi connectivity index (χ1n) is 9.66. The van der Waals surface area contributed by atoms with Crippen molar-refractivity contribution in [2.24, 2.45) is 0 Å². The largest absolute Gasteiger partial charge is 0.437 e. The molecule has 2 aromatic rings. The summed E-state index contributed by atoms with van der Waals surface area (Å²) in [7, 11) is -7.50. The van der Waals surface area contributed by atoms with Crippen molar-refractivity contribution >= 4 is 38.1 Å². The second-order valence-corrected chi connectivity index (χ2v) is 12.0. The number of hydrogen-bond acceptors (Lipinski definition) is 7. The first-order chi connectivity index (χ1) is 13.6. The molecule has 0 unspecified atom stereocenters. The number of sulfonamides is 1. The zero-order valence-corrected chi connectivity index (χ0v) is 18.1. The van der Waals surface area contributed by atoms with E-state index in [9.17, 15) is 21.9 Å². The van der Waals surface area contributed by atoms with E-state index in [0.29, 0.717) is 44.7 Å². The Bertz CT molecular complexity index is 1120. The van der Waals surface area contributed by atoms with Gasteiger partial charge in [0.15, 0.2) is 5.65 Å². The molecule has 0 saturated carbocycles. The summed E-state index contributed by atoms with van der Waals surface area (Å²) in [4.78, 5) is 5.96. The molecule has 2 saturated heterocycles. The van der Waals surface area contributed by atoms with E-state index in [4.69, 9.17) is 0 Å². The zero-order chi connectivity index (χ0) is 21.0. The number of fused-ring (bicyclic) bond motifs is 1. The van der Waals surface area contributed by atoms with Crippen LogP contribution in [0.3, 0.4) is 0 Å². The average Bonchev–Trinajstić information content (AvgIpc) is 3.00. The van der Waals surface area contributed by atoms with Crippen LogP contribution in [0, 0.1) is 0 Å². The van der Waals surface area contributed by atoms with Crippen LogP contribution in [0.25, 0.3) is 11.0 Å². The van der Waals surface area contributed by atoms with Crippen molar-refractivity contribution in [3.63, 3.8) is 0 Å². The van der Waals surface area contributed by atoms with Crippen molar-refractivity contribution in [3.8, 4) is 0 Å². The molecule has 4 rings (SSSR count). The van der Waals surface area contributed by atoms with Crippen LogP contribution in [-0.4, -0.2) is 84.7 Å². The fourth-order valence-corrected chi connectivity index (χ4v) is 6.89. The lowest BCUT2D eigenvalue weighted by atomic mass is 9.81. The molecule has 0 radical (unpaired) electrons. The molecule has 4 heterocycles. The average molecular weight is 440 g/mol. The van der Waals surface area contributed by atoms with Crippen LogP contribution in [0.15, 0.2) is 24.5 Å². The molecular weight excluding hydrogens is 415 g/mol. The highest BCUT2D eigenvalue weighted by molar-refractivity contribution is 7.90. The van der Waals surface area contributed by atoms with Gasteiger partial charge in [-0.15, -0.1) is 0 Å². The van der Waals surface area contributed by atoms with Crippen molar-refractivity contribution in [1.29, 1.82) is 0 Å². The highest BCUT2D eigenvalue weighted by Crippen LogP contribution is 2.35. The minimum absolute atomic E-state index is 0.0755. The molecule has 9 nitrogen and oxygen atoms in total. The van der Waals surface area contributed by atoms with Gasteiger partial charge in [-0.3, -0.25) is 0 Å². The summed E-state index contributed by atoms with van der Waals surface area (Å²) in [6.07, 6.45) is 5.61. The van der Waals surface area contributed by atoms with Crippen LogP contribution in [0.4, 0.5) is 0 Å². The number of hydrogen-bond donors (Lipinski definition) is 1. The monoisotopic (exact) mass is 440 g/mol. The van der Waals surface area contributed by atoms with E-state index in [-0.39, 0.29) is 5.92 Å². The Morgan fingerprint density at radius 3 is 2.41 bits per heavy atom. The Hall–Kier alpha value is -1.47. The van der Waals surface area contributed by atoms with E-state index in [2.05, 4.69) is 4.98 Å². The summed E-state index contributed by atoms with van der Waals surface area (Å²) in [5, 5.41) is 9.87. The molecule has 1 N–H and O–H groups in total. The third kappa shape index (κ3) is 3.72. The number of nitrogens with zero attached hydrogens (tertiary/aromatic N) is 4. The molecule has 0 spiro atoms. The Balaban J connectivity index is 1.51. The molecule has 29 heavy (non-hydrogen) atoms. The molecule has 0 atom stereocenters. The maximum Gasteiger partial charge on any atom is 0.376 e. The fourth-order valence-electron chi connectivity index (χ4n) is 4.23. The number of piperidine rings is 1. The normalized spacial score (nSPS) is 20.8. The van der Waals surface area contributed by atoms with E-state index in [1.165, 1.54) is 3.97 Å².